The van der Waals surface area contributed by atoms with Gasteiger partial charge in [-0.25, -0.2) is 4.39 Å². The van der Waals surface area contributed by atoms with Crippen LogP contribution in [0, 0.1) is 5.82 Å². The van der Waals surface area contributed by atoms with E-state index >= 15 is 0 Å². The fraction of sp³-hybridized carbons (Fsp3) is 0.125. The third-order valence-electron chi connectivity index (χ3n) is 2.96. The van der Waals surface area contributed by atoms with Crippen molar-refractivity contribution >= 4 is 29.1 Å². The van der Waals surface area contributed by atoms with Gasteiger partial charge in [0.15, 0.2) is 0 Å². The summed E-state index contributed by atoms with van der Waals surface area (Å²) in [4.78, 5) is 24.0. The SMILES string of the molecule is CC(NC(=O)c1ccccc1)C(=O)Nc1ccc(F)c(Cl)c1. The van der Waals surface area contributed by atoms with E-state index in [9.17, 15) is 14.0 Å². The molecule has 0 bridgehead atoms. The lowest BCUT2D eigenvalue weighted by Gasteiger charge is -2.14. The summed E-state index contributed by atoms with van der Waals surface area (Å²) >= 11 is 5.65. The van der Waals surface area contributed by atoms with Crippen molar-refractivity contribution in [3.8, 4) is 0 Å². The van der Waals surface area contributed by atoms with Gasteiger partial charge in [0.1, 0.15) is 11.9 Å². The monoisotopic (exact) mass is 320 g/mol. The molecule has 0 heterocycles. The number of benzene rings is 2. The molecule has 114 valence electrons. The zero-order valence-corrected chi connectivity index (χ0v) is 12.5. The van der Waals surface area contributed by atoms with Crippen LogP contribution in [0.25, 0.3) is 0 Å². The molecule has 4 nitrogen and oxygen atoms in total. The average molecular weight is 321 g/mol. The van der Waals surface area contributed by atoms with E-state index in [4.69, 9.17) is 11.6 Å². The minimum Gasteiger partial charge on any atom is -0.341 e. The van der Waals surface area contributed by atoms with Crippen LogP contribution in [0.15, 0.2) is 48.5 Å². The number of hydrogen-bond acceptors (Lipinski definition) is 2. The minimum atomic E-state index is -0.753. The first kappa shape index (κ1) is 16.0. The summed E-state index contributed by atoms with van der Waals surface area (Å²) < 4.78 is 13.1. The lowest BCUT2D eigenvalue weighted by molar-refractivity contribution is -0.117. The smallest absolute Gasteiger partial charge is 0.251 e. The van der Waals surface area contributed by atoms with Gasteiger partial charge in [0.25, 0.3) is 5.91 Å². The zero-order chi connectivity index (χ0) is 16.1. The standard InChI is InChI=1S/C16H14ClFN2O2/c1-10(19-16(22)11-5-3-2-4-6-11)15(21)20-12-7-8-14(18)13(17)9-12/h2-10H,1H3,(H,19,22)(H,20,21). The highest BCUT2D eigenvalue weighted by Gasteiger charge is 2.17. The summed E-state index contributed by atoms with van der Waals surface area (Å²) in [5.41, 5.74) is 0.823. The van der Waals surface area contributed by atoms with Gasteiger partial charge in [0, 0.05) is 11.3 Å². The number of halogens is 2. The van der Waals surface area contributed by atoms with Crippen molar-refractivity contribution in [2.75, 3.05) is 5.32 Å². The predicted molar refractivity (Wildman–Crippen MR) is 83.4 cm³/mol. The highest BCUT2D eigenvalue weighted by Crippen LogP contribution is 2.19. The molecule has 0 aliphatic carbocycles. The van der Waals surface area contributed by atoms with Gasteiger partial charge in [-0.2, -0.15) is 0 Å². The molecule has 2 rings (SSSR count). The van der Waals surface area contributed by atoms with Crippen LogP contribution in [0.5, 0.6) is 0 Å². The van der Waals surface area contributed by atoms with Crippen LogP contribution in [0.3, 0.4) is 0 Å². The molecular formula is C16H14ClFN2O2. The summed E-state index contributed by atoms with van der Waals surface area (Å²) in [6.45, 7) is 1.56. The Morgan fingerprint density at radius 2 is 1.82 bits per heavy atom. The highest BCUT2D eigenvalue weighted by molar-refractivity contribution is 6.31. The molecule has 1 unspecified atom stereocenters. The normalized spacial score (nSPS) is 11.6. The van der Waals surface area contributed by atoms with Crippen molar-refractivity contribution in [1.82, 2.24) is 5.32 Å². The van der Waals surface area contributed by atoms with Crippen LogP contribution in [-0.2, 0) is 4.79 Å². The molecule has 2 aromatic rings. The number of nitrogens with one attached hydrogen (secondary N) is 2. The lowest BCUT2D eigenvalue weighted by Crippen LogP contribution is -2.41. The van der Waals surface area contributed by atoms with Crippen LogP contribution in [0.2, 0.25) is 5.02 Å². The van der Waals surface area contributed by atoms with Crippen molar-refractivity contribution < 1.29 is 14.0 Å². The predicted octanol–water partition coefficient (Wildman–Crippen LogP) is 3.24. The maximum Gasteiger partial charge on any atom is 0.251 e. The summed E-state index contributed by atoms with van der Waals surface area (Å²) in [6, 6.07) is 11.7. The quantitative estimate of drug-likeness (QED) is 0.908. The summed E-state index contributed by atoms with van der Waals surface area (Å²) in [5, 5.41) is 5.06. The van der Waals surface area contributed by atoms with E-state index in [0.29, 0.717) is 11.3 Å². The molecule has 0 saturated carbocycles. The first-order valence-corrected chi connectivity index (χ1v) is 6.97. The van der Waals surface area contributed by atoms with Gasteiger partial charge in [-0.1, -0.05) is 29.8 Å². The maximum atomic E-state index is 13.1. The van der Waals surface area contributed by atoms with Crippen molar-refractivity contribution in [1.29, 1.82) is 0 Å². The number of carbonyl (C=O) groups excluding carboxylic acids is 2. The number of anilines is 1. The topological polar surface area (TPSA) is 58.2 Å². The third-order valence-corrected chi connectivity index (χ3v) is 3.25. The number of rotatable bonds is 4. The summed E-state index contributed by atoms with van der Waals surface area (Å²) in [7, 11) is 0. The molecule has 1 atom stereocenters. The largest absolute Gasteiger partial charge is 0.341 e. The Labute approximate surface area is 132 Å². The first-order valence-electron chi connectivity index (χ1n) is 6.59. The molecule has 2 aromatic carbocycles. The van der Waals surface area contributed by atoms with E-state index in [1.165, 1.54) is 12.1 Å². The maximum absolute atomic E-state index is 13.1. The Hall–Kier alpha value is -2.40. The zero-order valence-electron chi connectivity index (χ0n) is 11.8. The second-order valence-corrected chi connectivity index (χ2v) is 5.09. The van der Waals surface area contributed by atoms with E-state index in [2.05, 4.69) is 10.6 Å². The molecule has 0 aromatic heterocycles. The van der Waals surface area contributed by atoms with Gasteiger partial charge < -0.3 is 10.6 Å². The molecule has 0 saturated heterocycles. The van der Waals surface area contributed by atoms with Crippen LogP contribution >= 0.6 is 11.6 Å². The summed E-state index contributed by atoms with van der Waals surface area (Å²) in [6.07, 6.45) is 0. The van der Waals surface area contributed by atoms with E-state index in [-0.39, 0.29) is 10.9 Å². The number of amides is 2. The second kappa shape index (κ2) is 7.04. The molecule has 0 aliphatic heterocycles. The van der Waals surface area contributed by atoms with Gasteiger partial charge in [0.2, 0.25) is 5.91 Å². The van der Waals surface area contributed by atoms with Gasteiger partial charge in [-0.05, 0) is 37.3 Å². The van der Waals surface area contributed by atoms with E-state index in [1.807, 2.05) is 0 Å². The van der Waals surface area contributed by atoms with Crippen LogP contribution in [0.4, 0.5) is 10.1 Å². The summed E-state index contributed by atoms with van der Waals surface area (Å²) in [5.74, 6) is -1.34. The number of carbonyl (C=O) groups is 2. The van der Waals surface area contributed by atoms with Crippen molar-refractivity contribution in [2.45, 2.75) is 13.0 Å². The van der Waals surface area contributed by atoms with Gasteiger partial charge in [-0.15, -0.1) is 0 Å². The van der Waals surface area contributed by atoms with E-state index in [1.54, 1.807) is 37.3 Å². The van der Waals surface area contributed by atoms with Crippen molar-refractivity contribution in [2.24, 2.45) is 0 Å². The average Bonchev–Trinajstić information content (AvgIpc) is 2.51. The third kappa shape index (κ3) is 4.05. The van der Waals surface area contributed by atoms with Crippen LogP contribution < -0.4 is 10.6 Å². The molecule has 6 heteroatoms. The molecule has 2 N–H and O–H groups in total. The van der Waals surface area contributed by atoms with Crippen molar-refractivity contribution in [3.63, 3.8) is 0 Å². The fourth-order valence-corrected chi connectivity index (χ4v) is 1.94. The molecule has 0 aliphatic rings. The molecular weight excluding hydrogens is 307 g/mol. The van der Waals surface area contributed by atoms with Gasteiger partial charge in [-0.3, -0.25) is 9.59 Å². The fourth-order valence-electron chi connectivity index (χ4n) is 1.76. The van der Waals surface area contributed by atoms with E-state index in [0.717, 1.165) is 6.07 Å². The van der Waals surface area contributed by atoms with Crippen LogP contribution in [-0.4, -0.2) is 17.9 Å². The highest BCUT2D eigenvalue weighted by atomic mass is 35.5. The Bertz CT molecular complexity index is 692. The van der Waals surface area contributed by atoms with Crippen molar-refractivity contribution in [3.05, 3.63) is 64.9 Å². The molecule has 0 fully saturated rings. The van der Waals surface area contributed by atoms with Gasteiger partial charge >= 0.3 is 0 Å². The lowest BCUT2D eigenvalue weighted by atomic mass is 10.2. The van der Waals surface area contributed by atoms with E-state index < -0.39 is 17.8 Å². The molecule has 0 radical (unpaired) electrons. The first-order chi connectivity index (χ1) is 10.5. The Morgan fingerprint density at radius 1 is 1.14 bits per heavy atom. The molecule has 22 heavy (non-hydrogen) atoms. The molecule has 2 amide bonds. The molecule has 0 spiro atoms. The Morgan fingerprint density at radius 3 is 2.45 bits per heavy atom. The minimum absolute atomic E-state index is 0.0845. The van der Waals surface area contributed by atoms with Gasteiger partial charge in [0.05, 0.1) is 5.02 Å². The second-order valence-electron chi connectivity index (χ2n) is 4.68. The Balaban J connectivity index is 1.97. The Kier molecular flexibility index (Phi) is 5.12. The number of hydrogen-bond donors (Lipinski definition) is 2. The van der Waals surface area contributed by atoms with Crippen LogP contribution in [0.1, 0.15) is 17.3 Å².